The predicted octanol–water partition coefficient (Wildman–Crippen LogP) is 2.35. The van der Waals surface area contributed by atoms with Crippen LogP contribution in [-0.4, -0.2) is 17.9 Å². The maximum atomic E-state index is 13.1. The van der Waals surface area contributed by atoms with E-state index in [1.54, 1.807) is 12.1 Å². The summed E-state index contributed by atoms with van der Waals surface area (Å²) in [5.74, 6) is 0.213. The summed E-state index contributed by atoms with van der Waals surface area (Å²) >= 11 is 0. The van der Waals surface area contributed by atoms with E-state index in [4.69, 9.17) is 0 Å². The fraction of sp³-hybridized carbons (Fsp3) is 0.400. The van der Waals surface area contributed by atoms with Crippen LogP contribution in [0.4, 0.5) is 4.39 Å². The van der Waals surface area contributed by atoms with Crippen molar-refractivity contribution >= 4 is 5.78 Å². The predicted molar refractivity (Wildman–Crippen MR) is 71.1 cm³/mol. The molecule has 1 saturated heterocycles. The Morgan fingerprint density at radius 3 is 2.53 bits per heavy atom. The highest BCUT2D eigenvalue weighted by Crippen LogP contribution is 2.23. The molecule has 0 unspecified atom stereocenters. The van der Waals surface area contributed by atoms with Gasteiger partial charge >= 0.3 is 0 Å². The lowest BCUT2D eigenvalue weighted by Gasteiger charge is -2.23. The standard InChI is InChI=1S/C15H17FN2O/c16-11-5-3-4-10(8-11)14(19)9-15-17-12-6-1-2-7-13(12)18-15/h3-5,8-9,12-13,17-18H,1-2,6-7H2/t12-,13+. The molecule has 100 valence electrons. The Morgan fingerprint density at radius 2 is 1.89 bits per heavy atom. The lowest BCUT2D eigenvalue weighted by Crippen LogP contribution is -2.36. The Labute approximate surface area is 111 Å². The number of nitrogens with one attached hydrogen (secondary N) is 2. The second kappa shape index (κ2) is 5.03. The van der Waals surface area contributed by atoms with Gasteiger partial charge in [0.1, 0.15) is 11.6 Å². The summed E-state index contributed by atoms with van der Waals surface area (Å²) in [4.78, 5) is 12.0. The number of hydrogen-bond donors (Lipinski definition) is 2. The van der Waals surface area contributed by atoms with Crippen molar-refractivity contribution in [1.82, 2.24) is 10.6 Å². The second-order valence-electron chi connectivity index (χ2n) is 5.22. The molecular weight excluding hydrogens is 243 g/mol. The molecule has 0 aromatic heterocycles. The summed E-state index contributed by atoms with van der Waals surface area (Å²) in [6.45, 7) is 0. The van der Waals surface area contributed by atoms with E-state index in [-0.39, 0.29) is 11.6 Å². The number of halogens is 1. The number of rotatable bonds is 2. The molecule has 19 heavy (non-hydrogen) atoms. The molecule has 0 bridgehead atoms. The van der Waals surface area contributed by atoms with Crippen LogP contribution in [-0.2, 0) is 0 Å². The van der Waals surface area contributed by atoms with Crippen LogP contribution in [0.15, 0.2) is 36.2 Å². The van der Waals surface area contributed by atoms with E-state index in [0.717, 1.165) is 18.7 Å². The molecule has 2 aliphatic rings. The van der Waals surface area contributed by atoms with Gasteiger partial charge in [0.2, 0.25) is 0 Å². The molecule has 0 spiro atoms. The molecule has 1 saturated carbocycles. The van der Waals surface area contributed by atoms with Crippen molar-refractivity contribution in [1.29, 1.82) is 0 Å². The van der Waals surface area contributed by atoms with Crippen molar-refractivity contribution in [3.63, 3.8) is 0 Å². The second-order valence-corrected chi connectivity index (χ2v) is 5.22. The van der Waals surface area contributed by atoms with E-state index in [9.17, 15) is 9.18 Å². The molecule has 4 heteroatoms. The van der Waals surface area contributed by atoms with Crippen molar-refractivity contribution in [2.45, 2.75) is 37.8 Å². The monoisotopic (exact) mass is 260 g/mol. The highest BCUT2D eigenvalue weighted by atomic mass is 19.1. The average molecular weight is 260 g/mol. The number of carbonyl (C=O) groups excluding carboxylic acids is 1. The molecule has 1 aliphatic heterocycles. The van der Waals surface area contributed by atoms with E-state index in [0.29, 0.717) is 17.6 Å². The zero-order valence-electron chi connectivity index (χ0n) is 10.7. The number of hydrogen-bond acceptors (Lipinski definition) is 3. The maximum absolute atomic E-state index is 13.1. The van der Waals surface area contributed by atoms with Crippen molar-refractivity contribution in [3.8, 4) is 0 Å². The number of benzene rings is 1. The summed E-state index contributed by atoms with van der Waals surface area (Å²) < 4.78 is 13.1. The zero-order chi connectivity index (χ0) is 13.2. The first-order valence-electron chi connectivity index (χ1n) is 6.77. The van der Waals surface area contributed by atoms with E-state index in [1.165, 1.54) is 31.1 Å². The van der Waals surface area contributed by atoms with Gasteiger partial charge < -0.3 is 10.6 Å². The summed E-state index contributed by atoms with van der Waals surface area (Å²) in [5.41, 5.74) is 0.381. The third-order valence-corrected chi connectivity index (χ3v) is 3.83. The van der Waals surface area contributed by atoms with Gasteiger partial charge in [0, 0.05) is 23.7 Å². The summed E-state index contributed by atoms with van der Waals surface area (Å²) in [6, 6.07) is 6.65. The van der Waals surface area contributed by atoms with Crippen LogP contribution >= 0.6 is 0 Å². The van der Waals surface area contributed by atoms with Crippen LogP contribution in [0.1, 0.15) is 36.0 Å². The van der Waals surface area contributed by atoms with Crippen molar-refractivity contribution < 1.29 is 9.18 Å². The lowest BCUT2D eigenvalue weighted by atomic mass is 9.92. The molecule has 0 radical (unpaired) electrons. The molecule has 2 fully saturated rings. The maximum Gasteiger partial charge on any atom is 0.189 e. The average Bonchev–Trinajstić information content (AvgIpc) is 2.80. The summed E-state index contributed by atoms with van der Waals surface area (Å²) in [6.07, 6.45) is 6.29. The molecule has 1 aromatic rings. The van der Waals surface area contributed by atoms with E-state index < -0.39 is 0 Å². The van der Waals surface area contributed by atoms with Crippen LogP contribution < -0.4 is 10.6 Å². The fourth-order valence-electron chi connectivity index (χ4n) is 2.86. The van der Waals surface area contributed by atoms with Crippen molar-refractivity contribution in [2.24, 2.45) is 0 Å². The van der Waals surface area contributed by atoms with Gasteiger partial charge in [-0.25, -0.2) is 4.39 Å². The fourth-order valence-corrected chi connectivity index (χ4v) is 2.86. The minimum absolute atomic E-state index is 0.173. The molecule has 3 rings (SSSR count). The molecule has 1 heterocycles. The van der Waals surface area contributed by atoms with Crippen LogP contribution in [0, 0.1) is 5.82 Å². The Kier molecular flexibility index (Phi) is 3.23. The van der Waals surface area contributed by atoms with Crippen LogP contribution in [0.2, 0.25) is 0 Å². The zero-order valence-corrected chi connectivity index (χ0v) is 10.7. The molecule has 0 amide bonds. The Hall–Kier alpha value is -1.84. The number of allylic oxidation sites excluding steroid dienone is 1. The topological polar surface area (TPSA) is 41.1 Å². The quantitative estimate of drug-likeness (QED) is 0.633. The van der Waals surface area contributed by atoms with Crippen LogP contribution in [0.5, 0.6) is 0 Å². The molecule has 1 aliphatic carbocycles. The first kappa shape index (κ1) is 12.2. The summed E-state index contributed by atoms with van der Waals surface area (Å²) in [7, 11) is 0. The van der Waals surface area contributed by atoms with E-state index in [2.05, 4.69) is 10.6 Å². The van der Waals surface area contributed by atoms with Crippen LogP contribution in [0.3, 0.4) is 0 Å². The molecule has 3 nitrogen and oxygen atoms in total. The number of fused-ring (bicyclic) bond motifs is 1. The number of carbonyl (C=O) groups is 1. The Bertz CT molecular complexity index is 511. The molecule has 1 aromatic carbocycles. The van der Waals surface area contributed by atoms with Gasteiger partial charge in [0.15, 0.2) is 5.78 Å². The third kappa shape index (κ3) is 2.62. The van der Waals surface area contributed by atoms with E-state index in [1.807, 2.05) is 0 Å². The van der Waals surface area contributed by atoms with Crippen LogP contribution in [0.25, 0.3) is 0 Å². The van der Waals surface area contributed by atoms with Crippen molar-refractivity contribution in [2.75, 3.05) is 0 Å². The highest BCUT2D eigenvalue weighted by molar-refractivity contribution is 6.04. The molecule has 2 N–H and O–H groups in total. The molecule has 2 atom stereocenters. The summed E-state index contributed by atoms with van der Waals surface area (Å²) in [5, 5.41) is 6.69. The largest absolute Gasteiger partial charge is 0.367 e. The molecular formula is C15H17FN2O. The van der Waals surface area contributed by atoms with Gasteiger partial charge in [-0.15, -0.1) is 0 Å². The van der Waals surface area contributed by atoms with Gasteiger partial charge in [-0.05, 0) is 25.0 Å². The normalized spacial score (nSPS) is 27.5. The first-order chi connectivity index (χ1) is 9.22. The SMILES string of the molecule is O=C(C=C1N[C@H]2CCCC[C@H]2N1)c1cccc(F)c1. The minimum atomic E-state index is -0.384. The Morgan fingerprint density at radius 1 is 1.21 bits per heavy atom. The smallest absolute Gasteiger partial charge is 0.189 e. The highest BCUT2D eigenvalue weighted by Gasteiger charge is 2.31. The van der Waals surface area contributed by atoms with Gasteiger partial charge in [-0.1, -0.05) is 25.0 Å². The van der Waals surface area contributed by atoms with E-state index >= 15 is 0 Å². The lowest BCUT2D eigenvalue weighted by molar-refractivity contribution is 0.104. The Balaban J connectivity index is 1.74. The van der Waals surface area contributed by atoms with Gasteiger partial charge in [0.25, 0.3) is 0 Å². The minimum Gasteiger partial charge on any atom is -0.367 e. The third-order valence-electron chi connectivity index (χ3n) is 3.83. The van der Waals surface area contributed by atoms with Gasteiger partial charge in [0.05, 0.1) is 0 Å². The number of ketones is 1. The van der Waals surface area contributed by atoms with Crippen molar-refractivity contribution in [3.05, 3.63) is 47.5 Å². The van der Waals surface area contributed by atoms with Gasteiger partial charge in [-0.3, -0.25) is 4.79 Å². The van der Waals surface area contributed by atoms with Gasteiger partial charge in [-0.2, -0.15) is 0 Å². The first-order valence-corrected chi connectivity index (χ1v) is 6.77.